The lowest BCUT2D eigenvalue weighted by molar-refractivity contribution is -0.133. The van der Waals surface area contributed by atoms with E-state index in [2.05, 4.69) is 27.3 Å². The fraction of sp³-hybridized carbons (Fsp3) is 0.455. The van der Waals surface area contributed by atoms with Crippen LogP contribution >= 0.6 is 11.3 Å². The summed E-state index contributed by atoms with van der Waals surface area (Å²) >= 11 is 1.74. The van der Waals surface area contributed by atoms with Gasteiger partial charge in [-0.2, -0.15) is 0 Å². The lowest BCUT2D eigenvalue weighted by atomic mass is 9.89. The Morgan fingerprint density at radius 3 is 2.44 bits per heavy atom. The molecule has 0 radical (unpaired) electrons. The fourth-order valence-corrected chi connectivity index (χ4v) is 5.19. The van der Waals surface area contributed by atoms with Gasteiger partial charge in [0.2, 0.25) is 5.91 Å². The average molecular weight is 383 g/mol. The largest absolute Gasteiger partial charge is 0.334 e. The van der Waals surface area contributed by atoms with E-state index in [1.165, 1.54) is 4.88 Å². The molecule has 1 atom stereocenters. The minimum absolute atomic E-state index is 0.0874. The quantitative estimate of drug-likeness (QED) is 0.734. The van der Waals surface area contributed by atoms with Crippen LogP contribution in [0.5, 0.6) is 0 Å². The molecular formula is C22H26N2O2S. The van der Waals surface area contributed by atoms with Crippen molar-refractivity contribution in [3.63, 3.8) is 0 Å². The summed E-state index contributed by atoms with van der Waals surface area (Å²) < 4.78 is 0. The number of carbonyl (C=O) groups is 2. The number of likely N-dealkylation sites (tertiary alicyclic amines) is 2. The normalized spacial score (nSPS) is 21.5. The van der Waals surface area contributed by atoms with E-state index in [-0.39, 0.29) is 23.7 Å². The Hall–Kier alpha value is -1.98. The number of Topliss-reactive ketones (excluding diaryl/α,β-unsaturated/α-hetero) is 1. The Bertz CT molecular complexity index is 767. The van der Waals surface area contributed by atoms with E-state index in [4.69, 9.17) is 0 Å². The number of nitrogens with zero attached hydrogens (tertiary/aromatic N) is 2. The van der Waals surface area contributed by atoms with E-state index in [1.54, 1.807) is 11.3 Å². The second-order valence-corrected chi connectivity index (χ2v) is 8.52. The number of carbonyl (C=O) groups excluding carboxylic acids is 2. The van der Waals surface area contributed by atoms with Crippen molar-refractivity contribution in [1.82, 2.24) is 9.80 Å². The van der Waals surface area contributed by atoms with Gasteiger partial charge in [0.25, 0.3) is 0 Å². The fourth-order valence-electron chi connectivity index (χ4n) is 4.32. The van der Waals surface area contributed by atoms with Gasteiger partial charge in [-0.25, -0.2) is 0 Å². The Morgan fingerprint density at radius 2 is 1.74 bits per heavy atom. The first-order valence-corrected chi connectivity index (χ1v) is 10.7. The summed E-state index contributed by atoms with van der Waals surface area (Å²) in [5, 5.41) is 2.09. The van der Waals surface area contributed by atoms with Gasteiger partial charge >= 0.3 is 0 Å². The molecule has 3 heterocycles. The van der Waals surface area contributed by atoms with Crippen LogP contribution in [0.15, 0.2) is 47.8 Å². The third-order valence-electron chi connectivity index (χ3n) is 5.82. The summed E-state index contributed by atoms with van der Waals surface area (Å²) in [6, 6.07) is 14.0. The lowest BCUT2D eigenvalue weighted by Crippen LogP contribution is -2.44. The summed E-state index contributed by atoms with van der Waals surface area (Å²) in [6.07, 6.45) is 3.84. The van der Waals surface area contributed by atoms with Crippen LogP contribution in [-0.2, 0) is 4.79 Å². The van der Waals surface area contributed by atoms with Gasteiger partial charge in [0.15, 0.2) is 5.78 Å². The molecule has 5 heteroatoms. The Labute approximate surface area is 164 Å². The molecule has 1 amide bonds. The van der Waals surface area contributed by atoms with Crippen molar-refractivity contribution in [2.45, 2.75) is 31.7 Å². The molecule has 0 bridgehead atoms. The molecule has 0 aliphatic carbocycles. The van der Waals surface area contributed by atoms with Crippen molar-refractivity contribution >= 4 is 23.0 Å². The molecule has 2 fully saturated rings. The second kappa shape index (κ2) is 8.36. The summed E-state index contributed by atoms with van der Waals surface area (Å²) in [7, 11) is 0. The number of ketones is 1. The van der Waals surface area contributed by atoms with Crippen LogP contribution in [0.2, 0.25) is 0 Å². The number of benzene rings is 1. The van der Waals surface area contributed by atoms with E-state index in [0.29, 0.717) is 6.54 Å². The molecule has 1 unspecified atom stereocenters. The molecule has 4 rings (SSSR count). The first-order valence-electron chi connectivity index (χ1n) is 9.87. The molecule has 4 nitrogen and oxygen atoms in total. The number of rotatable bonds is 5. The Morgan fingerprint density at radius 1 is 0.963 bits per heavy atom. The van der Waals surface area contributed by atoms with Crippen molar-refractivity contribution in [2.24, 2.45) is 5.92 Å². The molecule has 0 spiro atoms. The van der Waals surface area contributed by atoms with Gasteiger partial charge in [0, 0.05) is 22.9 Å². The van der Waals surface area contributed by atoms with Gasteiger partial charge in [-0.3, -0.25) is 14.5 Å². The first kappa shape index (κ1) is 18.4. The van der Waals surface area contributed by atoms with Gasteiger partial charge in [-0.1, -0.05) is 36.4 Å². The summed E-state index contributed by atoms with van der Waals surface area (Å²) in [4.78, 5) is 31.1. The molecule has 2 saturated heterocycles. The molecule has 2 aliphatic heterocycles. The highest BCUT2D eigenvalue weighted by molar-refractivity contribution is 7.10. The van der Waals surface area contributed by atoms with Crippen molar-refractivity contribution in [1.29, 1.82) is 0 Å². The molecule has 1 aromatic heterocycles. The predicted octanol–water partition coefficient (Wildman–Crippen LogP) is 4.01. The highest BCUT2D eigenvalue weighted by atomic mass is 32.1. The molecule has 2 aromatic rings. The van der Waals surface area contributed by atoms with E-state index in [9.17, 15) is 9.59 Å². The van der Waals surface area contributed by atoms with Gasteiger partial charge in [-0.15, -0.1) is 11.3 Å². The highest BCUT2D eigenvalue weighted by Gasteiger charge is 2.32. The molecule has 2 aliphatic rings. The number of piperidine rings is 1. The third kappa shape index (κ3) is 4.14. The average Bonchev–Trinajstić information content (AvgIpc) is 3.40. The molecule has 0 saturated carbocycles. The van der Waals surface area contributed by atoms with Crippen molar-refractivity contribution in [3.05, 3.63) is 58.3 Å². The zero-order valence-corrected chi connectivity index (χ0v) is 16.4. The number of thiophene rings is 1. The van der Waals surface area contributed by atoms with E-state index in [0.717, 1.165) is 50.9 Å². The predicted molar refractivity (Wildman–Crippen MR) is 108 cm³/mol. The van der Waals surface area contributed by atoms with Crippen LogP contribution in [0.3, 0.4) is 0 Å². The third-order valence-corrected chi connectivity index (χ3v) is 6.79. The zero-order chi connectivity index (χ0) is 18.6. The van der Waals surface area contributed by atoms with Crippen LogP contribution in [0.25, 0.3) is 0 Å². The van der Waals surface area contributed by atoms with Crippen molar-refractivity contribution < 1.29 is 9.59 Å². The van der Waals surface area contributed by atoms with Crippen LogP contribution < -0.4 is 0 Å². The molecule has 1 aromatic carbocycles. The van der Waals surface area contributed by atoms with Crippen LogP contribution in [0, 0.1) is 5.92 Å². The van der Waals surface area contributed by atoms with Gasteiger partial charge < -0.3 is 4.90 Å². The second-order valence-electron chi connectivity index (χ2n) is 7.54. The SMILES string of the molecule is O=C(c1ccccc1)C1CCN(CC(=O)N2CCCC2c2cccs2)CC1. The number of amides is 1. The summed E-state index contributed by atoms with van der Waals surface area (Å²) in [5.41, 5.74) is 0.808. The van der Waals surface area contributed by atoms with E-state index in [1.807, 2.05) is 30.3 Å². The Kier molecular flexibility index (Phi) is 5.69. The number of hydrogen-bond acceptors (Lipinski definition) is 4. The topological polar surface area (TPSA) is 40.6 Å². The molecule has 0 N–H and O–H groups in total. The zero-order valence-electron chi connectivity index (χ0n) is 15.5. The first-order chi connectivity index (χ1) is 13.2. The van der Waals surface area contributed by atoms with E-state index < -0.39 is 0 Å². The van der Waals surface area contributed by atoms with Crippen LogP contribution in [-0.4, -0.2) is 47.7 Å². The minimum Gasteiger partial charge on any atom is -0.334 e. The van der Waals surface area contributed by atoms with Crippen LogP contribution in [0.1, 0.15) is 47.0 Å². The van der Waals surface area contributed by atoms with E-state index >= 15 is 0 Å². The minimum atomic E-state index is 0.0874. The highest BCUT2D eigenvalue weighted by Crippen LogP contribution is 2.34. The van der Waals surface area contributed by atoms with Gasteiger partial charge in [0.05, 0.1) is 12.6 Å². The maximum absolute atomic E-state index is 12.9. The molecular weight excluding hydrogens is 356 g/mol. The maximum Gasteiger partial charge on any atom is 0.237 e. The standard InChI is InChI=1S/C22H26N2O2S/c25-21(24-12-4-8-19(24)20-9-5-15-27-20)16-23-13-10-18(11-14-23)22(26)17-6-2-1-3-7-17/h1-3,5-7,9,15,18-19H,4,8,10-14,16H2. The molecule has 27 heavy (non-hydrogen) atoms. The number of hydrogen-bond donors (Lipinski definition) is 0. The Balaban J connectivity index is 1.30. The van der Waals surface area contributed by atoms with Gasteiger partial charge in [0.1, 0.15) is 0 Å². The van der Waals surface area contributed by atoms with Gasteiger partial charge in [-0.05, 0) is 50.2 Å². The smallest absolute Gasteiger partial charge is 0.237 e. The van der Waals surface area contributed by atoms with Crippen LogP contribution in [0.4, 0.5) is 0 Å². The summed E-state index contributed by atoms with van der Waals surface area (Å²) in [6.45, 7) is 3.00. The van der Waals surface area contributed by atoms with Crippen molar-refractivity contribution in [3.8, 4) is 0 Å². The maximum atomic E-state index is 12.9. The lowest BCUT2D eigenvalue weighted by Gasteiger charge is -2.33. The summed E-state index contributed by atoms with van der Waals surface area (Å²) in [5.74, 6) is 0.571. The molecule has 142 valence electrons. The van der Waals surface area contributed by atoms with Crippen molar-refractivity contribution in [2.75, 3.05) is 26.2 Å². The monoisotopic (exact) mass is 382 g/mol.